The molecule has 0 amide bonds. The zero-order valence-corrected chi connectivity index (χ0v) is 14.7. The van der Waals surface area contributed by atoms with Gasteiger partial charge in [0.25, 0.3) is 0 Å². The van der Waals surface area contributed by atoms with E-state index in [9.17, 15) is 8.42 Å². The summed E-state index contributed by atoms with van der Waals surface area (Å²) >= 11 is 0. The normalized spacial score (nSPS) is 20.0. The standard InChI is InChI=1S/C17H27NO3S/c1-4-5-11-21-17-9-8-16(12-15(17)3)22(19,20)18-10-6-7-14(2)13-18/h8-9,12,14H,4-7,10-11,13H2,1-3H3. The molecule has 1 aliphatic rings. The topological polar surface area (TPSA) is 46.6 Å². The molecular weight excluding hydrogens is 298 g/mol. The molecule has 124 valence electrons. The smallest absolute Gasteiger partial charge is 0.243 e. The zero-order valence-electron chi connectivity index (χ0n) is 13.8. The quantitative estimate of drug-likeness (QED) is 0.751. The number of nitrogens with zero attached hydrogens (tertiary/aromatic N) is 1. The van der Waals surface area contributed by atoms with E-state index in [1.54, 1.807) is 22.5 Å². The van der Waals surface area contributed by atoms with Gasteiger partial charge in [-0.15, -0.1) is 0 Å². The summed E-state index contributed by atoms with van der Waals surface area (Å²) < 4.78 is 32.8. The monoisotopic (exact) mass is 325 g/mol. The summed E-state index contributed by atoms with van der Waals surface area (Å²) in [5.74, 6) is 1.21. The van der Waals surface area contributed by atoms with Crippen molar-refractivity contribution in [3.05, 3.63) is 23.8 Å². The van der Waals surface area contributed by atoms with Crippen molar-refractivity contribution in [3.63, 3.8) is 0 Å². The summed E-state index contributed by atoms with van der Waals surface area (Å²) in [6.45, 7) is 8.05. The molecule has 0 bridgehead atoms. The molecule has 2 rings (SSSR count). The van der Waals surface area contributed by atoms with Crippen LogP contribution in [0.15, 0.2) is 23.1 Å². The lowest BCUT2D eigenvalue weighted by atomic mass is 10.0. The van der Waals surface area contributed by atoms with Crippen LogP contribution >= 0.6 is 0 Å². The van der Waals surface area contributed by atoms with Gasteiger partial charge in [-0.05, 0) is 55.9 Å². The van der Waals surface area contributed by atoms with Crippen LogP contribution in [-0.4, -0.2) is 32.4 Å². The number of ether oxygens (including phenoxy) is 1. The Morgan fingerprint density at radius 3 is 2.77 bits per heavy atom. The predicted octanol–water partition coefficient (Wildman–Crippen LogP) is 3.59. The fourth-order valence-electron chi connectivity index (χ4n) is 2.78. The average molecular weight is 325 g/mol. The predicted molar refractivity (Wildman–Crippen MR) is 88.7 cm³/mol. The molecule has 0 aromatic heterocycles. The van der Waals surface area contributed by atoms with Gasteiger partial charge in [0.2, 0.25) is 10.0 Å². The van der Waals surface area contributed by atoms with E-state index in [1.807, 2.05) is 6.92 Å². The summed E-state index contributed by atoms with van der Waals surface area (Å²) in [5.41, 5.74) is 0.877. The van der Waals surface area contributed by atoms with Gasteiger partial charge < -0.3 is 4.74 Å². The molecule has 0 radical (unpaired) electrons. The summed E-state index contributed by atoms with van der Waals surface area (Å²) in [6.07, 6.45) is 4.14. The molecule has 0 N–H and O–H groups in total. The third kappa shape index (κ3) is 4.02. The zero-order chi connectivity index (χ0) is 16.2. The molecule has 1 saturated heterocycles. The van der Waals surface area contributed by atoms with Crippen LogP contribution in [0.1, 0.15) is 45.1 Å². The van der Waals surface area contributed by atoms with Crippen LogP contribution in [0.25, 0.3) is 0 Å². The van der Waals surface area contributed by atoms with Crippen LogP contribution in [0.3, 0.4) is 0 Å². The fraction of sp³-hybridized carbons (Fsp3) is 0.647. The number of hydrogen-bond donors (Lipinski definition) is 0. The van der Waals surface area contributed by atoms with Crippen LogP contribution in [0, 0.1) is 12.8 Å². The van der Waals surface area contributed by atoms with Crippen molar-refractivity contribution >= 4 is 10.0 Å². The maximum atomic E-state index is 12.7. The third-order valence-electron chi connectivity index (χ3n) is 4.16. The Balaban J connectivity index is 2.15. The SMILES string of the molecule is CCCCOc1ccc(S(=O)(=O)N2CCCC(C)C2)cc1C. The molecule has 5 heteroatoms. The van der Waals surface area contributed by atoms with E-state index in [2.05, 4.69) is 13.8 Å². The number of unbranched alkanes of at least 4 members (excludes halogenated alkanes) is 1. The Morgan fingerprint density at radius 2 is 2.14 bits per heavy atom. The van der Waals surface area contributed by atoms with Crippen LogP contribution < -0.4 is 4.74 Å². The van der Waals surface area contributed by atoms with Gasteiger partial charge >= 0.3 is 0 Å². The minimum absolute atomic E-state index is 0.377. The lowest BCUT2D eigenvalue weighted by Crippen LogP contribution is -2.39. The molecule has 1 aromatic carbocycles. The molecule has 1 heterocycles. The van der Waals surface area contributed by atoms with E-state index >= 15 is 0 Å². The Morgan fingerprint density at radius 1 is 1.36 bits per heavy atom. The maximum absolute atomic E-state index is 12.7. The van der Waals surface area contributed by atoms with Crippen molar-refractivity contribution in [1.29, 1.82) is 0 Å². The van der Waals surface area contributed by atoms with Gasteiger partial charge in [-0.3, -0.25) is 0 Å². The minimum Gasteiger partial charge on any atom is -0.493 e. The highest BCUT2D eigenvalue weighted by Gasteiger charge is 2.28. The lowest BCUT2D eigenvalue weighted by Gasteiger charge is -2.30. The number of benzene rings is 1. The fourth-order valence-corrected chi connectivity index (χ4v) is 4.47. The van der Waals surface area contributed by atoms with E-state index in [4.69, 9.17) is 4.74 Å². The Bertz CT molecular complexity index is 598. The second-order valence-corrected chi connectivity index (χ2v) is 8.18. The third-order valence-corrected chi connectivity index (χ3v) is 6.02. The van der Waals surface area contributed by atoms with Crippen molar-refractivity contribution in [2.45, 2.75) is 51.3 Å². The molecule has 1 atom stereocenters. The van der Waals surface area contributed by atoms with E-state index in [-0.39, 0.29) is 0 Å². The molecular formula is C17H27NO3S. The first-order valence-electron chi connectivity index (χ1n) is 8.18. The molecule has 4 nitrogen and oxygen atoms in total. The van der Waals surface area contributed by atoms with Crippen LogP contribution in [0.2, 0.25) is 0 Å². The van der Waals surface area contributed by atoms with Gasteiger partial charge in [0.05, 0.1) is 11.5 Å². The highest BCUT2D eigenvalue weighted by atomic mass is 32.2. The first-order valence-corrected chi connectivity index (χ1v) is 9.62. The molecule has 0 saturated carbocycles. The Labute approximate surface area is 134 Å². The van der Waals surface area contributed by atoms with E-state index in [1.165, 1.54) is 0 Å². The van der Waals surface area contributed by atoms with Crippen molar-refractivity contribution in [2.24, 2.45) is 5.92 Å². The molecule has 1 fully saturated rings. The van der Waals surface area contributed by atoms with Crippen LogP contribution in [-0.2, 0) is 10.0 Å². The Kier molecular flexibility index (Phi) is 5.87. The van der Waals surface area contributed by atoms with Crippen molar-refractivity contribution in [1.82, 2.24) is 4.31 Å². The van der Waals surface area contributed by atoms with Crippen molar-refractivity contribution < 1.29 is 13.2 Å². The van der Waals surface area contributed by atoms with Gasteiger partial charge in [-0.25, -0.2) is 8.42 Å². The minimum atomic E-state index is -3.38. The number of rotatable bonds is 6. The highest BCUT2D eigenvalue weighted by Crippen LogP contribution is 2.27. The maximum Gasteiger partial charge on any atom is 0.243 e. The van der Waals surface area contributed by atoms with Crippen LogP contribution in [0.5, 0.6) is 5.75 Å². The Hall–Kier alpha value is -1.07. The van der Waals surface area contributed by atoms with Gasteiger partial charge in [0.1, 0.15) is 5.75 Å². The summed E-state index contributed by atoms with van der Waals surface area (Å²) in [6, 6.07) is 5.18. The van der Waals surface area contributed by atoms with E-state index < -0.39 is 10.0 Å². The van der Waals surface area contributed by atoms with Crippen LogP contribution in [0.4, 0.5) is 0 Å². The van der Waals surface area contributed by atoms with Gasteiger partial charge in [0.15, 0.2) is 0 Å². The number of aryl methyl sites for hydroxylation is 1. The average Bonchev–Trinajstić information content (AvgIpc) is 2.49. The molecule has 0 spiro atoms. The van der Waals surface area contributed by atoms with Gasteiger partial charge in [-0.1, -0.05) is 20.3 Å². The molecule has 22 heavy (non-hydrogen) atoms. The first kappa shape index (κ1) is 17.3. The van der Waals surface area contributed by atoms with Crippen molar-refractivity contribution in [2.75, 3.05) is 19.7 Å². The number of sulfonamides is 1. The summed E-state index contributed by atoms with van der Waals surface area (Å²) in [7, 11) is -3.38. The van der Waals surface area contributed by atoms with E-state index in [0.717, 1.165) is 37.0 Å². The summed E-state index contributed by atoms with van der Waals surface area (Å²) in [5, 5.41) is 0. The summed E-state index contributed by atoms with van der Waals surface area (Å²) in [4.78, 5) is 0.377. The second kappa shape index (κ2) is 7.47. The number of piperidine rings is 1. The molecule has 0 aliphatic carbocycles. The van der Waals surface area contributed by atoms with Crippen molar-refractivity contribution in [3.8, 4) is 5.75 Å². The largest absolute Gasteiger partial charge is 0.493 e. The van der Waals surface area contributed by atoms with E-state index in [0.29, 0.717) is 30.5 Å². The second-order valence-electron chi connectivity index (χ2n) is 6.24. The molecule has 1 aromatic rings. The van der Waals surface area contributed by atoms with Gasteiger partial charge in [0, 0.05) is 13.1 Å². The van der Waals surface area contributed by atoms with Gasteiger partial charge in [-0.2, -0.15) is 4.31 Å². The lowest BCUT2D eigenvalue weighted by molar-refractivity contribution is 0.281. The number of hydrogen-bond acceptors (Lipinski definition) is 3. The molecule has 1 aliphatic heterocycles. The highest BCUT2D eigenvalue weighted by molar-refractivity contribution is 7.89. The first-order chi connectivity index (χ1) is 10.4. The molecule has 1 unspecified atom stereocenters.